The molecule has 1 aromatic carbocycles. The highest BCUT2D eigenvalue weighted by atomic mass is 32.1. The van der Waals surface area contributed by atoms with E-state index >= 15 is 0 Å². The van der Waals surface area contributed by atoms with Gasteiger partial charge in [-0.25, -0.2) is 0 Å². The quantitative estimate of drug-likeness (QED) is 0.831. The first-order valence-corrected chi connectivity index (χ1v) is 6.61. The summed E-state index contributed by atoms with van der Waals surface area (Å²) in [6.07, 6.45) is 0. The van der Waals surface area contributed by atoms with Crippen LogP contribution in [0.2, 0.25) is 0 Å². The molecule has 0 spiro atoms. The maximum atomic E-state index is 5.25. The molecule has 0 aliphatic heterocycles. The third-order valence-electron chi connectivity index (χ3n) is 3.05. The summed E-state index contributed by atoms with van der Waals surface area (Å²) in [6, 6.07) is 8.38. The second kappa shape index (κ2) is 4.69. The van der Waals surface area contributed by atoms with Gasteiger partial charge in [-0.05, 0) is 30.1 Å². The summed E-state index contributed by atoms with van der Waals surface area (Å²) in [7, 11) is 0. The zero-order valence-electron chi connectivity index (χ0n) is 11.3. The van der Waals surface area contributed by atoms with Crippen LogP contribution in [0.4, 0.5) is 0 Å². The van der Waals surface area contributed by atoms with E-state index < -0.39 is 0 Å². The predicted octanol–water partition coefficient (Wildman–Crippen LogP) is 3.93. The minimum atomic E-state index is 0.0860. The van der Waals surface area contributed by atoms with Gasteiger partial charge in [0.15, 0.2) is 10.6 Å². The van der Waals surface area contributed by atoms with Gasteiger partial charge in [0.25, 0.3) is 0 Å². The molecule has 0 aliphatic carbocycles. The minimum Gasteiger partial charge on any atom is -0.300 e. The highest BCUT2D eigenvalue weighted by molar-refractivity contribution is 7.71. The third kappa shape index (κ3) is 2.25. The molecule has 1 heterocycles. The van der Waals surface area contributed by atoms with E-state index in [1.54, 1.807) is 0 Å². The van der Waals surface area contributed by atoms with Gasteiger partial charge >= 0.3 is 0 Å². The van der Waals surface area contributed by atoms with Crippen molar-refractivity contribution >= 4 is 12.2 Å². The molecule has 18 heavy (non-hydrogen) atoms. The lowest BCUT2D eigenvalue weighted by Gasteiger charge is -2.22. The van der Waals surface area contributed by atoms with E-state index in [1.165, 1.54) is 5.56 Å². The van der Waals surface area contributed by atoms with E-state index in [0.717, 1.165) is 17.9 Å². The number of H-pyrrole nitrogens is 1. The highest BCUT2D eigenvalue weighted by Gasteiger charge is 2.20. The Balaban J connectivity index is 2.68. The second-order valence-electron chi connectivity index (χ2n) is 5.39. The molecule has 1 aromatic heterocycles. The van der Waals surface area contributed by atoms with Gasteiger partial charge in [-0.2, -0.15) is 5.10 Å². The molecule has 0 bridgehead atoms. The van der Waals surface area contributed by atoms with E-state index in [-0.39, 0.29) is 5.41 Å². The summed E-state index contributed by atoms with van der Waals surface area (Å²) in [4.78, 5) is 0. The number of aromatic amines is 1. The van der Waals surface area contributed by atoms with Crippen LogP contribution in [0.5, 0.6) is 0 Å². The van der Waals surface area contributed by atoms with Crippen LogP contribution in [-0.4, -0.2) is 14.8 Å². The Kier molecular flexibility index (Phi) is 3.39. The lowest BCUT2D eigenvalue weighted by atomic mass is 9.83. The van der Waals surface area contributed by atoms with Crippen LogP contribution in [0.1, 0.15) is 33.3 Å². The molecular formula is C14H19N3S. The molecule has 96 valence electrons. The Hall–Kier alpha value is -1.42. The number of benzene rings is 1. The van der Waals surface area contributed by atoms with Gasteiger partial charge in [0.1, 0.15) is 0 Å². The van der Waals surface area contributed by atoms with E-state index in [0.29, 0.717) is 4.77 Å². The molecular weight excluding hydrogens is 242 g/mol. The van der Waals surface area contributed by atoms with Gasteiger partial charge in [0, 0.05) is 12.1 Å². The maximum absolute atomic E-state index is 5.25. The van der Waals surface area contributed by atoms with Crippen molar-refractivity contribution in [3.05, 3.63) is 34.6 Å². The first kappa shape index (κ1) is 13.0. The molecule has 4 heteroatoms. The Morgan fingerprint density at radius 2 is 1.94 bits per heavy atom. The van der Waals surface area contributed by atoms with Crippen LogP contribution >= 0.6 is 12.2 Å². The van der Waals surface area contributed by atoms with Crippen molar-refractivity contribution < 1.29 is 0 Å². The van der Waals surface area contributed by atoms with Crippen LogP contribution in [-0.2, 0) is 12.0 Å². The average molecular weight is 261 g/mol. The van der Waals surface area contributed by atoms with Gasteiger partial charge in [-0.3, -0.25) is 5.10 Å². The highest BCUT2D eigenvalue weighted by Crippen LogP contribution is 2.31. The first-order valence-electron chi connectivity index (χ1n) is 6.20. The van der Waals surface area contributed by atoms with E-state index in [4.69, 9.17) is 12.2 Å². The monoisotopic (exact) mass is 261 g/mol. The van der Waals surface area contributed by atoms with Crippen LogP contribution in [0.25, 0.3) is 11.4 Å². The van der Waals surface area contributed by atoms with Crippen molar-refractivity contribution in [1.29, 1.82) is 0 Å². The number of aromatic nitrogens is 3. The zero-order valence-corrected chi connectivity index (χ0v) is 12.1. The predicted molar refractivity (Wildman–Crippen MR) is 77.2 cm³/mol. The Bertz CT molecular complexity index is 602. The van der Waals surface area contributed by atoms with Crippen LogP contribution in [0, 0.1) is 4.77 Å². The van der Waals surface area contributed by atoms with Crippen molar-refractivity contribution in [3.63, 3.8) is 0 Å². The molecule has 0 saturated carbocycles. The van der Waals surface area contributed by atoms with E-state index in [2.05, 4.69) is 56.1 Å². The Morgan fingerprint density at radius 1 is 1.28 bits per heavy atom. The smallest absolute Gasteiger partial charge is 0.195 e. The van der Waals surface area contributed by atoms with Gasteiger partial charge < -0.3 is 4.57 Å². The fraction of sp³-hybridized carbons (Fsp3) is 0.429. The Morgan fingerprint density at radius 3 is 2.56 bits per heavy atom. The normalized spacial score (nSPS) is 11.8. The number of nitrogens with zero attached hydrogens (tertiary/aromatic N) is 2. The number of nitrogens with one attached hydrogen (secondary N) is 1. The van der Waals surface area contributed by atoms with E-state index in [1.807, 2.05) is 10.6 Å². The molecule has 0 saturated heterocycles. The van der Waals surface area contributed by atoms with Gasteiger partial charge in [0.2, 0.25) is 0 Å². The summed E-state index contributed by atoms with van der Waals surface area (Å²) in [6.45, 7) is 9.54. The van der Waals surface area contributed by atoms with Gasteiger partial charge in [-0.1, -0.05) is 45.0 Å². The summed E-state index contributed by atoms with van der Waals surface area (Å²) in [5.41, 5.74) is 2.52. The summed E-state index contributed by atoms with van der Waals surface area (Å²) in [5, 5.41) is 7.26. The first-order chi connectivity index (χ1) is 8.45. The summed E-state index contributed by atoms with van der Waals surface area (Å²) < 4.78 is 2.70. The van der Waals surface area contributed by atoms with Crippen LogP contribution in [0.3, 0.4) is 0 Å². The van der Waals surface area contributed by atoms with E-state index in [9.17, 15) is 0 Å². The average Bonchev–Trinajstić information content (AvgIpc) is 2.69. The summed E-state index contributed by atoms with van der Waals surface area (Å²) >= 11 is 5.25. The van der Waals surface area contributed by atoms with Crippen LogP contribution < -0.4 is 0 Å². The molecule has 1 N–H and O–H groups in total. The van der Waals surface area contributed by atoms with Crippen LogP contribution in [0.15, 0.2) is 24.3 Å². The standard InChI is InChI=1S/C14H19N3S/c1-5-17-12(15-16-13(17)18)10-8-6-7-9-11(10)14(2,3)4/h6-9H,5H2,1-4H3,(H,16,18). The Labute approximate surface area is 113 Å². The molecule has 2 aromatic rings. The van der Waals surface area contributed by atoms with Crippen molar-refractivity contribution in [2.24, 2.45) is 0 Å². The fourth-order valence-electron chi connectivity index (χ4n) is 2.15. The molecule has 0 amide bonds. The molecule has 0 fully saturated rings. The number of hydrogen-bond acceptors (Lipinski definition) is 2. The number of rotatable bonds is 2. The molecule has 0 unspecified atom stereocenters. The zero-order chi connectivity index (χ0) is 13.3. The SMILES string of the molecule is CCn1c(-c2ccccc2C(C)(C)C)n[nH]c1=S. The minimum absolute atomic E-state index is 0.0860. The molecule has 0 aliphatic rings. The third-order valence-corrected chi connectivity index (χ3v) is 3.36. The maximum Gasteiger partial charge on any atom is 0.195 e. The lowest BCUT2D eigenvalue weighted by molar-refractivity contribution is 0.590. The van der Waals surface area contributed by atoms with Crippen molar-refractivity contribution in [2.45, 2.75) is 39.7 Å². The van der Waals surface area contributed by atoms with Gasteiger partial charge in [0.05, 0.1) is 0 Å². The topological polar surface area (TPSA) is 33.6 Å². The fourth-order valence-corrected chi connectivity index (χ4v) is 2.41. The second-order valence-corrected chi connectivity index (χ2v) is 5.78. The molecule has 3 nitrogen and oxygen atoms in total. The van der Waals surface area contributed by atoms with Crippen molar-refractivity contribution in [2.75, 3.05) is 0 Å². The summed E-state index contributed by atoms with van der Waals surface area (Å²) in [5.74, 6) is 0.924. The van der Waals surface area contributed by atoms with Gasteiger partial charge in [-0.15, -0.1) is 0 Å². The molecule has 2 rings (SSSR count). The molecule has 0 radical (unpaired) electrons. The van der Waals surface area contributed by atoms with Crippen molar-refractivity contribution in [3.8, 4) is 11.4 Å². The number of hydrogen-bond donors (Lipinski definition) is 1. The largest absolute Gasteiger partial charge is 0.300 e. The lowest BCUT2D eigenvalue weighted by Crippen LogP contribution is -2.13. The molecule has 0 atom stereocenters. The van der Waals surface area contributed by atoms with Crippen molar-refractivity contribution in [1.82, 2.24) is 14.8 Å².